The monoisotopic (exact) mass is 228 g/mol. The number of carboxylic acid groups (broad SMARTS) is 2. The number of hydrogen-bond acceptors (Lipinski definition) is 3. The lowest BCUT2D eigenvalue weighted by molar-refractivity contribution is -0.143. The van der Waals surface area contributed by atoms with Crippen molar-refractivity contribution in [2.24, 2.45) is 5.92 Å². The van der Waals surface area contributed by atoms with Crippen molar-refractivity contribution in [2.45, 2.75) is 37.6 Å². The highest BCUT2D eigenvalue weighted by Gasteiger charge is 2.47. The van der Waals surface area contributed by atoms with Crippen LogP contribution < -0.4 is 5.43 Å². The average molecular weight is 228 g/mol. The average Bonchev–Trinajstić information content (AvgIpc) is 2.62. The summed E-state index contributed by atoms with van der Waals surface area (Å²) in [4.78, 5) is 21.9. The standard InChI is InChI=1S/C10H16N2O4/c13-8(14)7-1-3-10(4-2-7)5-6-11-12(10)9(15)16/h7,11H,1-6H2,(H,13,14)(H,15,16). The van der Waals surface area contributed by atoms with Gasteiger partial charge in [0.2, 0.25) is 0 Å². The van der Waals surface area contributed by atoms with Gasteiger partial charge in [0, 0.05) is 6.54 Å². The van der Waals surface area contributed by atoms with Crippen LogP contribution in [0.2, 0.25) is 0 Å². The molecule has 0 aromatic carbocycles. The molecular weight excluding hydrogens is 212 g/mol. The molecule has 1 aliphatic carbocycles. The van der Waals surface area contributed by atoms with Crippen LogP contribution in [0.4, 0.5) is 4.79 Å². The first-order chi connectivity index (χ1) is 7.55. The molecule has 2 rings (SSSR count). The summed E-state index contributed by atoms with van der Waals surface area (Å²) in [6.45, 7) is 0.657. The summed E-state index contributed by atoms with van der Waals surface area (Å²) < 4.78 is 0. The van der Waals surface area contributed by atoms with Crippen molar-refractivity contribution in [3.8, 4) is 0 Å². The van der Waals surface area contributed by atoms with Crippen LogP contribution in [0.5, 0.6) is 0 Å². The number of nitrogens with zero attached hydrogens (tertiary/aromatic N) is 1. The van der Waals surface area contributed by atoms with E-state index in [4.69, 9.17) is 10.2 Å². The molecule has 0 atom stereocenters. The quantitative estimate of drug-likeness (QED) is 0.620. The van der Waals surface area contributed by atoms with E-state index in [2.05, 4.69) is 5.43 Å². The largest absolute Gasteiger partial charge is 0.481 e. The molecule has 90 valence electrons. The van der Waals surface area contributed by atoms with E-state index in [-0.39, 0.29) is 11.5 Å². The van der Waals surface area contributed by atoms with E-state index in [0.29, 0.717) is 32.2 Å². The maximum atomic E-state index is 11.0. The zero-order chi connectivity index (χ0) is 11.8. The van der Waals surface area contributed by atoms with Gasteiger partial charge in [-0.05, 0) is 32.1 Å². The zero-order valence-electron chi connectivity index (χ0n) is 8.98. The van der Waals surface area contributed by atoms with Gasteiger partial charge in [-0.25, -0.2) is 15.2 Å². The van der Waals surface area contributed by atoms with E-state index < -0.39 is 12.1 Å². The van der Waals surface area contributed by atoms with Gasteiger partial charge in [0.1, 0.15) is 0 Å². The van der Waals surface area contributed by atoms with E-state index in [9.17, 15) is 9.59 Å². The summed E-state index contributed by atoms with van der Waals surface area (Å²) in [7, 11) is 0. The lowest BCUT2D eigenvalue weighted by atomic mass is 9.75. The molecule has 0 aromatic heterocycles. The van der Waals surface area contributed by atoms with Crippen LogP contribution >= 0.6 is 0 Å². The highest BCUT2D eigenvalue weighted by atomic mass is 16.4. The third-order valence-electron chi connectivity index (χ3n) is 3.79. The number of amides is 1. The Hall–Kier alpha value is -1.30. The second-order valence-electron chi connectivity index (χ2n) is 4.61. The molecule has 1 aliphatic heterocycles. The highest BCUT2D eigenvalue weighted by molar-refractivity contribution is 5.70. The lowest BCUT2D eigenvalue weighted by Crippen LogP contribution is -2.53. The van der Waals surface area contributed by atoms with Crippen molar-refractivity contribution in [1.82, 2.24) is 10.4 Å². The summed E-state index contributed by atoms with van der Waals surface area (Å²) in [5.41, 5.74) is 2.48. The zero-order valence-corrected chi connectivity index (χ0v) is 8.98. The van der Waals surface area contributed by atoms with E-state index in [1.54, 1.807) is 0 Å². The van der Waals surface area contributed by atoms with E-state index >= 15 is 0 Å². The molecule has 2 aliphatic rings. The van der Waals surface area contributed by atoms with Crippen LogP contribution in [-0.2, 0) is 4.79 Å². The Morgan fingerprint density at radius 2 is 1.81 bits per heavy atom. The van der Waals surface area contributed by atoms with Crippen LogP contribution in [0, 0.1) is 5.92 Å². The molecule has 0 radical (unpaired) electrons. The maximum absolute atomic E-state index is 11.0. The predicted molar refractivity (Wildman–Crippen MR) is 54.8 cm³/mol. The van der Waals surface area contributed by atoms with Gasteiger partial charge in [-0.3, -0.25) is 4.79 Å². The van der Waals surface area contributed by atoms with Crippen LogP contribution in [-0.4, -0.2) is 39.4 Å². The number of nitrogens with one attached hydrogen (secondary N) is 1. The van der Waals surface area contributed by atoms with Gasteiger partial charge in [-0.2, -0.15) is 0 Å². The second-order valence-corrected chi connectivity index (χ2v) is 4.61. The number of aliphatic carboxylic acids is 1. The first-order valence-corrected chi connectivity index (χ1v) is 5.55. The topological polar surface area (TPSA) is 89.9 Å². The molecule has 6 heteroatoms. The number of carbonyl (C=O) groups is 2. The van der Waals surface area contributed by atoms with Crippen molar-refractivity contribution in [3.05, 3.63) is 0 Å². The fourth-order valence-corrected chi connectivity index (χ4v) is 2.83. The number of hydrogen-bond donors (Lipinski definition) is 3. The van der Waals surface area contributed by atoms with Crippen LogP contribution in [0.15, 0.2) is 0 Å². The molecule has 1 spiro atoms. The molecule has 1 heterocycles. The minimum absolute atomic E-state index is 0.304. The molecule has 0 unspecified atom stereocenters. The third kappa shape index (κ3) is 1.73. The first-order valence-electron chi connectivity index (χ1n) is 5.55. The summed E-state index contributed by atoms with van der Waals surface area (Å²) in [6, 6.07) is 0. The van der Waals surface area contributed by atoms with Crippen LogP contribution in [0.25, 0.3) is 0 Å². The SMILES string of the molecule is O=C(O)C1CCC2(CCNN2C(=O)O)CC1. The second kappa shape index (κ2) is 3.93. The van der Waals surface area contributed by atoms with Crippen LogP contribution in [0.1, 0.15) is 32.1 Å². The summed E-state index contributed by atoms with van der Waals surface area (Å²) in [5.74, 6) is -1.07. The predicted octanol–water partition coefficient (Wildman–Crippen LogP) is 0.888. The molecule has 3 N–H and O–H groups in total. The van der Waals surface area contributed by atoms with Gasteiger partial charge in [-0.15, -0.1) is 0 Å². The Labute approximate surface area is 93.2 Å². The smallest absolute Gasteiger partial charge is 0.422 e. The maximum Gasteiger partial charge on any atom is 0.422 e. The minimum atomic E-state index is -0.966. The van der Waals surface area contributed by atoms with Crippen molar-refractivity contribution < 1.29 is 19.8 Å². The first kappa shape index (κ1) is 11.2. The Morgan fingerprint density at radius 1 is 1.19 bits per heavy atom. The molecule has 1 saturated carbocycles. The van der Waals surface area contributed by atoms with Gasteiger partial charge >= 0.3 is 12.1 Å². The van der Waals surface area contributed by atoms with Crippen molar-refractivity contribution in [2.75, 3.05) is 6.54 Å². The Morgan fingerprint density at radius 3 is 2.31 bits per heavy atom. The molecule has 0 bridgehead atoms. The molecule has 6 nitrogen and oxygen atoms in total. The normalized spacial score (nSPS) is 34.2. The van der Waals surface area contributed by atoms with Gasteiger partial charge in [0.15, 0.2) is 0 Å². The lowest BCUT2D eigenvalue weighted by Gasteiger charge is -2.40. The fourth-order valence-electron chi connectivity index (χ4n) is 2.83. The van der Waals surface area contributed by atoms with Crippen molar-refractivity contribution in [3.63, 3.8) is 0 Å². The number of rotatable bonds is 1. The third-order valence-corrected chi connectivity index (χ3v) is 3.79. The molecule has 1 saturated heterocycles. The summed E-state index contributed by atoms with van der Waals surface area (Å²) in [6.07, 6.45) is 2.24. The molecule has 16 heavy (non-hydrogen) atoms. The van der Waals surface area contributed by atoms with Gasteiger partial charge < -0.3 is 10.2 Å². The van der Waals surface area contributed by atoms with Gasteiger partial charge in [0.05, 0.1) is 11.5 Å². The minimum Gasteiger partial charge on any atom is -0.481 e. The van der Waals surface area contributed by atoms with Crippen LogP contribution in [0.3, 0.4) is 0 Å². The van der Waals surface area contributed by atoms with Gasteiger partial charge in [0.25, 0.3) is 0 Å². The highest BCUT2D eigenvalue weighted by Crippen LogP contribution is 2.40. The van der Waals surface area contributed by atoms with E-state index in [1.165, 1.54) is 5.01 Å². The molecule has 1 amide bonds. The molecule has 2 fully saturated rings. The Balaban J connectivity index is 2.05. The Kier molecular flexibility index (Phi) is 2.75. The number of carboxylic acids is 1. The summed E-state index contributed by atoms with van der Waals surface area (Å²) >= 11 is 0. The Bertz CT molecular complexity index is 310. The van der Waals surface area contributed by atoms with Gasteiger partial charge in [-0.1, -0.05) is 0 Å². The summed E-state index contributed by atoms with van der Waals surface area (Å²) in [5, 5.41) is 19.2. The van der Waals surface area contributed by atoms with Crippen molar-refractivity contribution >= 4 is 12.1 Å². The fraction of sp³-hybridized carbons (Fsp3) is 0.800. The van der Waals surface area contributed by atoms with E-state index in [1.807, 2.05) is 0 Å². The number of hydrazine groups is 1. The van der Waals surface area contributed by atoms with E-state index in [0.717, 1.165) is 6.42 Å². The molecule has 0 aromatic rings. The molecular formula is C10H16N2O4. The van der Waals surface area contributed by atoms with Crippen molar-refractivity contribution in [1.29, 1.82) is 0 Å².